The van der Waals surface area contributed by atoms with Gasteiger partial charge in [0, 0.05) is 49.0 Å². The summed E-state index contributed by atoms with van der Waals surface area (Å²) in [5, 5.41) is 9.80. The number of aromatic nitrogens is 4. The molecule has 5 nitrogen and oxygen atoms in total. The van der Waals surface area contributed by atoms with Crippen LogP contribution in [0.2, 0.25) is 0 Å². The van der Waals surface area contributed by atoms with Crippen molar-refractivity contribution in [3.8, 4) is 0 Å². The fraction of sp³-hybridized carbons (Fsp3) is 0.385. The largest absolute Gasteiger partial charge is 0.310 e. The zero-order valence-corrected chi connectivity index (χ0v) is 11.9. The van der Waals surface area contributed by atoms with Crippen LogP contribution in [-0.4, -0.2) is 25.7 Å². The van der Waals surface area contributed by atoms with E-state index in [9.17, 15) is 0 Å². The second kappa shape index (κ2) is 5.14. The molecule has 0 radical (unpaired) electrons. The number of rotatable bonds is 5. The first-order chi connectivity index (χ1) is 9.26. The lowest BCUT2D eigenvalue weighted by Gasteiger charge is -2.14. The lowest BCUT2D eigenvalue weighted by Crippen LogP contribution is -2.22. The zero-order chi connectivity index (χ0) is 13.2. The molecule has 3 heterocycles. The number of likely N-dealkylation sites (N-methyl/N-ethyl adjacent to an activating group) is 1. The fourth-order valence-corrected chi connectivity index (χ4v) is 2.98. The Morgan fingerprint density at radius 3 is 3.00 bits per heavy atom. The predicted molar refractivity (Wildman–Crippen MR) is 76.4 cm³/mol. The third-order valence-electron chi connectivity index (χ3n) is 3.13. The van der Waals surface area contributed by atoms with Gasteiger partial charge in [0.1, 0.15) is 0 Å². The van der Waals surface area contributed by atoms with Crippen LogP contribution < -0.4 is 5.32 Å². The van der Waals surface area contributed by atoms with Crippen LogP contribution in [0.3, 0.4) is 0 Å². The van der Waals surface area contributed by atoms with Gasteiger partial charge in [0.05, 0.1) is 11.9 Å². The van der Waals surface area contributed by atoms with Crippen LogP contribution in [0.5, 0.6) is 0 Å². The van der Waals surface area contributed by atoms with Gasteiger partial charge in [-0.2, -0.15) is 5.10 Å². The molecule has 0 spiro atoms. The van der Waals surface area contributed by atoms with Gasteiger partial charge in [-0.25, -0.2) is 4.98 Å². The molecule has 6 heteroatoms. The van der Waals surface area contributed by atoms with Crippen LogP contribution in [0.15, 0.2) is 30.2 Å². The number of hydrogen-bond acceptors (Lipinski definition) is 4. The van der Waals surface area contributed by atoms with E-state index in [1.807, 2.05) is 24.1 Å². The SMILES string of the molecule is CCNC(Cc1cn2ccsc2n1)c1cnn(C)c1. The Morgan fingerprint density at radius 1 is 1.42 bits per heavy atom. The molecule has 0 aliphatic carbocycles. The maximum absolute atomic E-state index is 4.64. The summed E-state index contributed by atoms with van der Waals surface area (Å²) < 4.78 is 3.91. The smallest absolute Gasteiger partial charge is 0.193 e. The van der Waals surface area contributed by atoms with E-state index in [4.69, 9.17) is 0 Å². The minimum absolute atomic E-state index is 0.267. The van der Waals surface area contributed by atoms with Gasteiger partial charge >= 0.3 is 0 Å². The number of nitrogens with zero attached hydrogens (tertiary/aromatic N) is 4. The van der Waals surface area contributed by atoms with E-state index in [0.29, 0.717) is 0 Å². The van der Waals surface area contributed by atoms with Gasteiger partial charge in [0.15, 0.2) is 4.96 Å². The molecule has 3 rings (SSSR count). The molecule has 0 aliphatic heterocycles. The van der Waals surface area contributed by atoms with Gasteiger partial charge in [-0.15, -0.1) is 11.3 Å². The maximum Gasteiger partial charge on any atom is 0.193 e. The molecule has 0 aliphatic rings. The number of nitrogens with one attached hydrogen (secondary N) is 1. The molecule has 0 aromatic carbocycles. The van der Waals surface area contributed by atoms with Gasteiger partial charge < -0.3 is 5.32 Å². The Kier molecular flexibility index (Phi) is 3.35. The Morgan fingerprint density at radius 2 is 2.32 bits per heavy atom. The number of hydrogen-bond donors (Lipinski definition) is 1. The molecule has 0 fully saturated rings. The quantitative estimate of drug-likeness (QED) is 0.775. The molecular formula is C13H17N5S. The molecule has 0 saturated carbocycles. The van der Waals surface area contributed by atoms with Crippen molar-refractivity contribution >= 4 is 16.3 Å². The molecule has 0 bridgehead atoms. The molecule has 0 saturated heterocycles. The Hall–Kier alpha value is -1.66. The van der Waals surface area contributed by atoms with Crippen molar-refractivity contribution < 1.29 is 0 Å². The van der Waals surface area contributed by atoms with Gasteiger partial charge in [-0.3, -0.25) is 9.08 Å². The van der Waals surface area contributed by atoms with Crippen molar-refractivity contribution in [1.82, 2.24) is 24.5 Å². The topological polar surface area (TPSA) is 47.1 Å². The summed E-state index contributed by atoms with van der Waals surface area (Å²) in [5.41, 5.74) is 2.32. The maximum atomic E-state index is 4.64. The van der Waals surface area contributed by atoms with Gasteiger partial charge in [-0.05, 0) is 6.54 Å². The normalized spacial score (nSPS) is 13.2. The number of fused-ring (bicyclic) bond motifs is 1. The van der Waals surface area contributed by atoms with E-state index in [1.54, 1.807) is 11.3 Å². The fourth-order valence-electron chi connectivity index (χ4n) is 2.26. The molecule has 100 valence electrons. The molecule has 3 aromatic heterocycles. The highest BCUT2D eigenvalue weighted by molar-refractivity contribution is 7.15. The summed E-state index contributed by atoms with van der Waals surface area (Å²) in [6, 6.07) is 0.267. The van der Waals surface area contributed by atoms with Gasteiger partial charge in [-0.1, -0.05) is 6.92 Å². The third-order valence-corrected chi connectivity index (χ3v) is 3.90. The second-order valence-electron chi connectivity index (χ2n) is 4.59. The van der Waals surface area contributed by atoms with Gasteiger partial charge in [0.2, 0.25) is 0 Å². The lowest BCUT2D eigenvalue weighted by atomic mass is 10.1. The van der Waals surface area contributed by atoms with Crippen LogP contribution in [0.25, 0.3) is 4.96 Å². The Bertz CT molecular complexity index is 637. The van der Waals surface area contributed by atoms with Crippen molar-refractivity contribution in [1.29, 1.82) is 0 Å². The highest BCUT2D eigenvalue weighted by Gasteiger charge is 2.15. The molecule has 19 heavy (non-hydrogen) atoms. The van der Waals surface area contributed by atoms with Gasteiger partial charge in [0.25, 0.3) is 0 Å². The highest BCUT2D eigenvalue weighted by Crippen LogP contribution is 2.19. The lowest BCUT2D eigenvalue weighted by molar-refractivity contribution is 0.544. The Balaban J connectivity index is 1.82. The van der Waals surface area contributed by atoms with E-state index in [1.165, 1.54) is 5.56 Å². The van der Waals surface area contributed by atoms with Crippen molar-refractivity contribution in [3.05, 3.63) is 41.4 Å². The standard InChI is InChI=1S/C13H17N5S/c1-3-14-12(10-7-15-17(2)8-10)6-11-9-18-4-5-19-13(18)16-11/h4-5,7-9,12,14H,3,6H2,1-2H3. The molecule has 0 amide bonds. The van der Waals surface area contributed by atoms with Crippen molar-refractivity contribution in [2.45, 2.75) is 19.4 Å². The van der Waals surface area contributed by atoms with Crippen LogP contribution in [0.1, 0.15) is 24.2 Å². The van der Waals surface area contributed by atoms with Crippen molar-refractivity contribution in [2.24, 2.45) is 7.05 Å². The summed E-state index contributed by atoms with van der Waals surface area (Å²) in [6.45, 7) is 3.05. The molecule has 3 aromatic rings. The highest BCUT2D eigenvalue weighted by atomic mass is 32.1. The first kappa shape index (κ1) is 12.4. The minimum atomic E-state index is 0.267. The molecular weight excluding hydrogens is 258 g/mol. The average Bonchev–Trinajstić information content (AvgIpc) is 3.03. The van der Waals surface area contributed by atoms with Crippen LogP contribution >= 0.6 is 11.3 Å². The number of imidazole rings is 1. The minimum Gasteiger partial charge on any atom is -0.310 e. The van der Waals surface area contributed by atoms with E-state index in [0.717, 1.165) is 23.6 Å². The molecule has 1 N–H and O–H groups in total. The summed E-state index contributed by atoms with van der Waals surface area (Å²) in [5.74, 6) is 0. The van der Waals surface area contributed by atoms with Crippen LogP contribution in [0.4, 0.5) is 0 Å². The monoisotopic (exact) mass is 275 g/mol. The average molecular weight is 275 g/mol. The van der Waals surface area contributed by atoms with Crippen molar-refractivity contribution in [3.63, 3.8) is 0 Å². The number of thiazole rings is 1. The van der Waals surface area contributed by atoms with Crippen LogP contribution in [0, 0.1) is 0 Å². The third kappa shape index (κ3) is 2.54. The summed E-state index contributed by atoms with van der Waals surface area (Å²) in [7, 11) is 1.94. The molecule has 1 unspecified atom stereocenters. The second-order valence-corrected chi connectivity index (χ2v) is 5.46. The summed E-state index contributed by atoms with van der Waals surface area (Å²) in [4.78, 5) is 5.69. The van der Waals surface area contributed by atoms with Crippen molar-refractivity contribution in [2.75, 3.05) is 6.54 Å². The summed E-state index contributed by atoms with van der Waals surface area (Å²) in [6.07, 6.45) is 9.01. The predicted octanol–water partition coefficient (Wildman–Crippen LogP) is 2.02. The van der Waals surface area contributed by atoms with E-state index < -0.39 is 0 Å². The number of aryl methyl sites for hydroxylation is 1. The van der Waals surface area contributed by atoms with E-state index >= 15 is 0 Å². The van der Waals surface area contributed by atoms with E-state index in [-0.39, 0.29) is 6.04 Å². The first-order valence-electron chi connectivity index (χ1n) is 6.39. The first-order valence-corrected chi connectivity index (χ1v) is 7.27. The van der Waals surface area contributed by atoms with E-state index in [2.05, 4.69) is 44.5 Å². The summed E-state index contributed by atoms with van der Waals surface area (Å²) >= 11 is 1.66. The van der Waals surface area contributed by atoms with Crippen LogP contribution in [-0.2, 0) is 13.5 Å². The Labute approximate surface area is 115 Å². The zero-order valence-electron chi connectivity index (χ0n) is 11.1. The molecule has 1 atom stereocenters.